The number of rotatable bonds is 10. The zero-order valence-electron chi connectivity index (χ0n) is 21.3. The normalized spacial score (nSPS) is 11.9. The van der Waals surface area contributed by atoms with Gasteiger partial charge in [0.15, 0.2) is 5.69 Å². The maximum atomic E-state index is 14.0. The SMILES string of the molecule is CC(C)CCNC(=O)[C@@H](c1ccc2ncccc2c1)N(Cc1ccccc1)C(=O)c1snc(C(N)=O)c1N. The molecule has 2 aromatic heterocycles. The predicted molar refractivity (Wildman–Crippen MR) is 148 cm³/mol. The number of pyridine rings is 1. The molecule has 0 fully saturated rings. The van der Waals surface area contributed by atoms with E-state index in [1.54, 1.807) is 12.3 Å². The van der Waals surface area contributed by atoms with Crippen LogP contribution in [0.15, 0.2) is 66.9 Å². The zero-order chi connectivity index (χ0) is 27.2. The Kier molecular flexibility index (Phi) is 8.32. The number of carbonyl (C=O) groups is 3. The van der Waals surface area contributed by atoms with Crippen LogP contribution < -0.4 is 16.8 Å². The number of nitrogens with one attached hydrogen (secondary N) is 1. The van der Waals surface area contributed by atoms with Gasteiger partial charge in [0.25, 0.3) is 11.8 Å². The van der Waals surface area contributed by atoms with Gasteiger partial charge in [0.1, 0.15) is 10.9 Å². The van der Waals surface area contributed by atoms with Crippen molar-refractivity contribution in [3.63, 3.8) is 0 Å². The highest BCUT2D eigenvalue weighted by molar-refractivity contribution is 7.09. The first-order valence-electron chi connectivity index (χ1n) is 12.3. The molecule has 196 valence electrons. The molecule has 10 heteroatoms. The summed E-state index contributed by atoms with van der Waals surface area (Å²) in [6.07, 6.45) is 2.49. The maximum Gasteiger partial charge on any atom is 0.270 e. The maximum absolute atomic E-state index is 14.0. The highest BCUT2D eigenvalue weighted by Gasteiger charge is 2.35. The molecule has 0 saturated heterocycles. The number of nitrogens with two attached hydrogens (primary N) is 2. The summed E-state index contributed by atoms with van der Waals surface area (Å²) in [5.74, 6) is -1.27. The van der Waals surface area contributed by atoms with Crippen LogP contribution in [0.5, 0.6) is 0 Å². The summed E-state index contributed by atoms with van der Waals surface area (Å²) in [7, 11) is 0. The topological polar surface area (TPSA) is 144 Å². The molecule has 1 atom stereocenters. The molecular weight excluding hydrogens is 500 g/mol. The summed E-state index contributed by atoms with van der Waals surface area (Å²) < 4.78 is 4.00. The Labute approximate surface area is 225 Å². The summed E-state index contributed by atoms with van der Waals surface area (Å²) in [6, 6.07) is 17.6. The molecule has 0 aliphatic heterocycles. The highest BCUT2D eigenvalue weighted by atomic mass is 32.1. The standard InChI is InChI=1S/C28H30N6O3S/c1-17(2)12-14-32-27(36)24(20-10-11-21-19(15-20)9-6-13-31-21)34(16-18-7-4-3-5-8-18)28(37)25-22(29)23(26(30)35)33-38-25/h3-11,13,15,17,24H,12,14,16,29H2,1-2H3,(H2,30,35)(H,32,36)/t24-/m1/s1. The second-order valence-electron chi connectivity index (χ2n) is 9.39. The molecule has 0 aliphatic carbocycles. The van der Waals surface area contributed by atoms with E-state index in [0.717, 1.165) is 34.4 Å². The molecule has 0 spiro atoms. The van der Waals surface area contributed by atoms with Crippen molar-refractivity contribution in [2.24, 2.45) is 11.7 Å². The van der Waals surface area contributed by atoms with Crippen LogP contribution in [0.2, 0.25) is 0 Å². The first-order valence-corrected chi connectivity index (χ1v) is 13.1. The van der Waals surface area contributed by atoms with Crippen LogP contribution in [0, 0.1) is 5.92 Å². The Bertz CT molecular complexity index is 1450. The average Bonchev–Trinajstić information content (AvgIpc) is 3.29. The Morgan fingerprint density at radius 3 is 2.50 bits per heavy atom. The second-order valence-corrected chi connectivity index (χ2v) is 10.2. The number of amides is 3. The molecule has 0 unspecified atom stereocenters. The van der Waals surface area contributed by atoms with Gasteiger partial charge in [-0.1, -0.05) is 56.3 Å². The van der Waals surface area contributed by atoms with Gasteiger partial charge < -0.3 is 21.7 Å². The summed E-state index contributed by atoms with van der Waals surface area (Å²) in [4.78, 5) is 45.5. The average molecular weight is 531 g/mol. The zero-order valence-corrected chi connectivity index (χ0v) is 22.1. The Balaban J connectivity index is 1.82. The smallest absolute Gasteiger partial charge is 0.270 e. The number of carbonyl (C=O) groups excluding carboxylic acids is 3. The predicted octanol–water partition coefficient (Wildman–Crippen LogP) is 3.92. The minimum Gasteiger partial charge on any atom is -0.395 e. The molecule has 3 amide bonds. The van der Waals surface area contributed by atoms with Gasteiger partial charge in [-0.25, -0.2) is 0 Å². The molecule has 5 N–H and O–H groups in total. The van der Waals surface area contributed by atoms with Crippen LogP contribution in [0.3, 0.4) is 0 Å². The van der Waals surface area contributed by atoms with Crippen LogP contribution in [-0.2, 0) is 11.3 Å². The Morgan fingerprint density at radius 1 is 1.05 bits per heavy atom. The lowest BCUT2D eigenvalue weighted by atomic mass is 10.00. The van der Waals surface area contributed by atoms with Crippen molar-refractivity contribution in [3.8, 4) is 0 Å². The van der Waals surface area contributed by atoms with E-state index >= 15 is 0 Å². The lowest BCUT2D eigenvalue weighted by Gasteiger charge is -2.31. The molecule has 9 nitrogen and oxygen atoms in total. The number of fused-ring (bicyclic) bond motifs is 1. The summed E-state index contributed by atoms with van der Waals surface area (Å²) >= 11 is 0.791. The minimum atomic E-state index is -0.988. The molecule has 0 saturated carbocycles. The second kappa shape index (κ2) is 11.8. The number of nitrogens with zero attached hydrogens (tertiary/aromatic N) is 3. The van der Waals surface area contributed by atoms with E-state index in [4.69, 9.17) is 11.5 Å². The Morgan fingerprint density at radius 2 is 1.82 bits per heavy atom. The van der Waals surface area contributed by atoms with Crippen LogP contribution in [0.25, 0.3) is 10.9 Å². The molecule has 0 bridgehead atoms. The quantitative estimate of drug-likeness (QED) is 0.283. The van der Waals surface area contributed by atoms with Gasteiger partial charge in [0.05, 0.1) is 11.2 Å². The van der Waals surface area contributed by atoms with E-state index in [-0.39, 0.29) is 28.7 Å². The van der Waals surface area contributed by atoms with Crippen LogP contribution >= 0.6 is 11.5 Å². The fraction of sp³-hybridized carbons (Fsp3) is 0.250. The van der Waals surface area contributed by atoms with Gasteiger partial charge >= 0.3 is 0 Å². The van der Waals surface area contributed by atoms with Crippen molar-refractivity contribution in [1.82, 2.24) is 19.6 Å². The van der Waals surface area contributed by atoms with E-state index in [0.29, 0.717) is 18.0 Å². The highest BCUT2D eigenvalue weighted by Crippen LogP contribution is 2.31. The third-order valence-electron chi connectivity index (χ3n) is 6.14. The third kappa shape index (κ3) is 5.97. The van der Waals surface area contributed by atoms with Crippen molar-refractivity contribution in [2.45, 2.75) is 32.9 Å². The molecule has 0 aliphatic rings. The van der Waals surface area contributed by atoms with Crippen LogP contribution in [-0.4, -0.2) is 38.5 Å². The number of aromatic nitrogens is 2. The fourth-order valence-electron chi connectivity index (χ4n) is 4.14. The molecule has 0 radical (unpaired) electrons. The molecule has 38 heavy (non-hydrogen) atoms. The third-order valence-corrected chi connectivity index (χ3v) is 6.99. The molecular formula is C28H30N6O3S. The van der Waals surface area contributed by atoms with Crippen LogP contribution in [0.1, 0.15) is 57.6 Å². The fourth-order valence-corrected chi connectivity index (χ4v) is 4.90. The van der Waals surface area contributed by atoms with Gasteiger partial charge in [-0.15, -0.1) is 0 Å². The van der Waals surface area contributed by atoms with Gasteiger partial charge in [-0.2, -0.15) is 4.37 Å². The van der Waals surface area contributed by atoms with Gasteiger partial charge in [-0.05, 0) is 53.2 Å². The van der Waals surface area contributed by atoms with E-state index in [1.165, 1.54) is 4.90 Å². The number of hydrogen-bond acceptors (Lipinski definition) is 7. The van der Waals surface area contributed by atoms with Crippen molar-refractivity contribution in [3.05, 3.63) is 88.6 Å². The van der Waals surface area contributed by atoms with Gasteiger partial charge in [-0.3, -0.25) is 19.4 Å². The van der Waals surface area contributed by atoms with E-state index < -0.39 is 17.9 Å². The van der Waals surface area contributed by atoms with E-state index in [9.17, 15) is 14.4 Å². The lowest BCUT2D eigenvalue weighted by Crippen LogP contribution is -2.43. The van der Waals surface area contributed by atoms with Gasteiger partial charge in [0.2, 0.25) is 5.91 Å². The van der Waals surface area contributed by atoms with Crippen molar-refractivity contribution in [2.75, 3.05) is 12.3 Å². The number of anilines is 1. The number of hydrogen-bond donors (Lipinski definition) is 3. The summed E-state index contributed by atoms with van der Waals surface area (Å²) in [6.45, 7) is 4.74. The Hall–Kier alpha value is -4.31. The largest absolute Gasteiger partial charge is 0.395 e. The van der Waals surface area contributed by atoms with Crippen molar-refractivity contribution >= 4 is 45.8 Å². The first-order chi connectivity index (χ1) is 18.3. The first kappa shape index (κ1) is 26.7. The molecule has 4 aromatic rings. The van der Waals surface area contributed by atoms with Crippen molar-refractivity contribution < 1.29 is 14.4 Å². The number of benzene rings is 2. The molecule has 2 aromatic carbocycles. The monoisotopic (exact) mass is 530 g/mol. The summed E-state index contributed by atoms with van der Waals surface area (Å²) in [5, 5.41) is 3.84. The van der Waals surface area contributed by atoms with Gasteiger partial charge in [0, 0.05) is 24.7 Å². The molecule has 4 rings (SSSR count). The van der Waals surface area contributed by atoms with E-state index in [1.807, 2.05) is 54.6 Å². The molecule has 2 heterocycles. The number of nitrogen functional groups attached to an aromatic ring is 1. The van der Waals surface area contributed by atoms with Crippen LogP contribution in [0.4, 0.5) is 5.69 Å². The lowest BCUT2D eigenvalue weighted by molar-refractivity contribution is -0.126. The summed E-state index contributed by atoms with van der Waals surface area (Å²) in [5.41, 5.74) is 13.5. The number of primary amides is 1. The van der Waals surface area contributed by atoms with Crippen molar-refractivity contribution in [1.29, 1.82) is 0 Å². The minimum absolute atomic E-state index is 0.0529. The van der Waals surface area contributed by atoms with E-state index in [2.05, 4.69) is 28.5 Å².